The van der Waals surface area contributed by atoms with Gasteiger partial charge in [-0.1, -0.05) is 36.0 Å². The van der Waals surface area contributed by atoms with Gasteiger partial charge in [0.15, 0.2) is 0 Å². The van der Waals surface area contributed by atoms with Crippen LogP contribution in [0.3, 0.4) is 0 Å². The predicted octanol–water partition coefficient (Wildman–Crippen LogP) is 2.80. The highest BCUT2D eigenvalue weighted by Crippen LogP contribution is 2.35. The Balaban J connectivity index is 1.68. The number of carbonyl (C=O) groups excluding carboxylic acids is 3. The summed E-state index contributed by atoms with van der Waals surface area (Å²) in [4.78, 5) is 37.5. The van der Waals surface area contributed by atoms with Crippen molar-refractivity contribution in [2.24, 2.45) is 0 Å². The van der Waals surface area contributed by atoms with E-state index in [0.29, 0.717) is 28.6 Å². The van der Waals surface area contributed by atoms with E-state index in [4.69, 9.17) is 23.2 Å². The lowest BCUT2D eigenvalue weighted by atomic mass is 9.98. The molecule has 2 N–H and O–H groups in total. The van der Waals surface area contributed by atoms with Crippen molar-refractivity contribution in [2.45, 2.75) is 31.2 Å². The normalized spacial score (nSPS) is 19.3. The Kier molecular flexibility index (Phi) is 4.21. The SMILES string of the molecule is O=C(CN1C(=O)NC2(CCCC2)C1=O)Nc1cc(Cl)cc(Cl)c1. The van der Waals surface area contributed by atoms with Gasteiger partial charge in [-0.15, -0.1) is 0 Å². The molecule has 1 heterocycles. The first-order chi connectivity index (χ1) is 10.9. The van der Waals surface area contributed by atoms with Crippen LogP contribution in [-0.2, 0) is 9.59 Å². The van der Waals surface area contributed by atoms with Gasteiger partial charge < -0.3 is 10.6 Å². The molecule has 1 aromatic carbocycles. The lowest BCUT2D eigenvalue weighted by Gasteiger charge is -2.19. The second-order valence-electron chi connectivity index (χ2n) is 5.82. The van der Waals surface area contributed by atoms with Crippen molar-refractivity contribution in [3.05, 3.63) is 28.2 Å². The number of hydrogen-bond donors (Lipinski definition) is 2. The third-order valence-electron chi connectivity index (χ3n) is 4.15. The van der Waals surface area contributed by atoms with Crippen LogP contribution < -0.4 is 10.6 Å². The van der Waals surface area contributed by atoms with E-state index in [2.05, 4.69) is 10.6 Å². The molecule has 2 aliphatic rings. The maximum Gasteiger partial charge on any atom is 0.325 e. The Hall–Kier alpha value is -1.79. The van der Waals surface area contributed by atoms with Crippen molar-refractivity contribution < 1.29 is 14.4 Å². The summed E-state index contributed by atoms with van der Waals surface area (Å²) in [5.41, 5.74) is -0.397. The molecule has 0 aromatic heterocycles. The molecule has 0 unspecified atom stereocenters. The fourth-order valence-corrected chi connectivity index (χ4v) is 3.63. The quantitative estimate of drug-likeness (QED) is 0.818. The van der Waals surface area contributed by atoms with Crippen molar-refractivity contribution in [1.29, 1.82) is 0 Å². The van der Waals surface area contributed by atoms with E-state index in [1.807, 2.05) is 0 Å². The number of benzene rings is 1. The molecule has 1 aliphatic heterocycles. The highest BCUT2D eigenvalue weighted by Gasteiger charge is 2.52. The van der Waals surface area contributed by atoms with Crippen LogP contribution in [0.2, 0.25) is 10.0 Å². The predicted molar refractivity (Wildman–Crippen MR) is 86.5 cm³/mol. The monoisotopic (exact) mass is 355 g/mol. The molecule has 1 saturated carbocycles. The molecule has 23 heavy (non-hydrogen) atoms. The molecule has 122 valence electrons. The second kappa shape index (κ2) is 6.02. The van der Waals surface area contributed by atoms with Crippen LogP contribution in [0.15, 0.2) is 18.2 Å². The van der Waals surface area contributed by atoms with Crippen LogP contribution in [0, 0.1) is 0 Å². The van der Waals surface area contributed by atoms with E-state index >= 15 is 0 Å². The first kappa shape index (κ1) is 16.1. The van der Waals surface area contributed by atoms with Gasteiger partial charge in [0.05, 0.1) is 0 Å². The average molecular weight is 356 g/mol. The standard InChI is InChI=1S/C15H15Cl2N3O3/c16-9-5-10(17)7-11(6-9)18-12(21)8-20-13(22)15(19-14(20)23)3-1-2-4-15/h5-7H,1-4,8H2,(H,18,21)(H,19,23). The Bertz CT molecular complexity index is 666. The maximum atomic E-state index is 12.5. The van der Waals surface area contributed by atoms with Gasteiger partial charge in [0.2, 0.25) is 5.91 Å². The number of carbonyl (C=O) groups is 3. The summed E-state index contributed by atoms with van der Waals surface area (Å²) in [6, 6.07) is 4.10. The molecule has 6 nitrogen and oxygen atoms in total. The van der Waals surface area contributed by atoms with Crippen LogP contribution in [0.25, 0.3) is 0 Å². The molecule has 1 saturated heterocycles. The Labute approximate surface area is 143 Å². The lowest BCUT2D eigenvalue weighted by Crippen LogP contribution is -2.44. The average Bonchev–Trinajstić information content (AvgIpc) is 2.99. The number of hydrogen-bond acceptors (Lipinski definition) is 3. The fraction of sp³-hybridized carbons (Fsp3) is 0.400. The zero-order valence-corrected chi connectivity index (χ0v) is 13.7. The first-order valence-corrected chi connectivity index (χ1v) is 8.05. The van der Waals surface area contributed by atoms with Gasteiger partial charge in [-0.05, 0) is 31.0 Å². The number of urea groups is 1. The summed E-state index contributed by atoms with van der Waals surface area (Å²) in [6.07, 6.45) is 3.04. The van der Waals surface area contributed by atoms with Crippen LogP contribution in [0.4, 0.5) is 10.5 Å². The van der Waals surface area contributed by atoms with Crippen molar-refractivity contribution in [3.63, 3.8) is 0 Å². The topological polar surface area (TPSA) is 78.5 Å². The third-order valence-corrected chi connectivity index (χ3v) is 4.59. The molecule has 3 rings (SSSR count). The number of amides is 4. The van der Waals surface area contributed by atoms with Crippen LogP contribution in [-0.4, -0.2) is 34.8 Å². The molecule has 0 radical (unpaired) electrons. The Morgan fingerprint density at radius 3 is 2.39 bits per heavy atom. The van der Waals surface area contributed by atoms with Crippen molar-refractivity contribution in [2.75, 3.05) is 11.9 Å². The zero-order valence-electron chi connectivity index (χ0n) is 12.2. The number of halogens is 2. The molecule has 0 atom stereocenters. The third kappa shape index (κ3) is 3.14. The molecule has 1 aliphatic carbocycles. The molecule has 1 spiro atoms. The maximum absolute atomic E-state index is 12.5. The number of anilines is 1. The molecule has 0 bridgehead atoms. The second-order valence-corrected chi connectivity index (χ2v) is 6.69. The van der Waals surface area contributed by atoms with Gasteiger partial charge in [-0.3, -0.25) is 14.5 Å². The largest absolute Gasteiger partial charge is 0.325 e. The molecular formula is C15H15Cl2N3O3. The van der Waals surface area contributed by atoms with Gasteiger partial charge >= 0.3 is 6.03 Å². The minimum absolute atomic E-state index is 0.320. The highest BCUT2D eigenvalue weighted by molar-refractivity contribution is 6.35. The number of nitrogens with zero attached hydrogens (tertiary/aromatic N) is 1. The minimum Gasteiger partial charge on any atom is -0.324 e. The van der Waals surface area contributed by atoms with E-state index in [0.717, 1.165) is 17.7 Å². The van der Waals surface area contributed by atoms with E-state index in [9.17, 15) is 14.4 Å². The minimum atomic E-state index is -0.809. The summed E-state index contributed by atoms with van der Waals surface area (Å²) in [6.45, 7) is -0.337. The molecule has 2 fully saturated rings. The summed E-state index contributed by atoms with van der Waals surface area (Å²) < 4.78 is 0. The Morgan fingerprint density at radius 1 is 1.17 bits per heavy atom. The van der Waals surface area contributed by atoms with Gasteiger partial charge in [0.1, 0.15) is 12.1 Å². The number of nitrogens with one attached hydrogen (secondary N) is 2. The van der Waals surface area contributed by atoms with E-state index in [1.54, 1.807) is 6.07 Å². The highest BCUT2D eigenvalue weighted by atomic mass is 35.5. The summed E-state index contributed by atoms with van der Waals surface area (Å²) in [5.74, 6) is -0.804. The van der Waals surface area contributed by atoms with Crippen LogP contribution in [0.1, 0.15) is 25.7 Å². The number of imide groups is 1. The van der Waals surface area contributed by atoms with Crippen LogP contribution >= 0.6 is 23.2 Å². The van der Waals surface area contributed by atoms with Crippen LogP contribution in [0.5, 0.6) is 0 Å². The molecular weight excluding hydrogens is 341 g/mol. The van der Waals surface area contributed by atoms with E-state index in [1.165, 1.54) is 12.1 Å². The van der Waals surface area contributed by atoms with Crippen molar-refractivity contribution in [3.8, 4) is 0 Å². The van der Waals surface area contributed by atoms with Gasteiger partial charge in [-0.2, -0.15) is 0 Å². The fourth-order valence-electron chi connectivity index (χ4n) is 3.11. The summed E-state index contributed by atoms with van der Waals surface area (Å²) >= 11 is 11.7. The molecule has 8 heteroatoms. The zero-order chi connectivity index (χ0) is 16.6. The lowest BCUT2D eigenvalue weighted by molar-refractivity contribution is -0.133. The van der Waals surface area contributed by atoms with Crippen molar-refractivity contribution in [1.82, 2.24) is 10.2 Å². The van der Waals surface area contributed by atoms with E-state index in [-0.39, 0.29) is 12.5 Å². The molecule has 1 aromatic rings. The first-order valence-electron chi connectivity index (χ1n) is 7.30. The molecule has 4 amide bonds. The Morgan fingerprint density at radius 2 is 1.78 bits per heavy atom. The smallest absolute Gasteiger partial charge is 0.324 e. The number of rotatable bonds is 3. The van der Waals surface area contributed by atoms with Gasteiger partial charge in [0, 0.05) is 15.7 Å². The summed E-state index contributed by atoms with van der Waals surface area (Å²) in [5, 5.41) is 6.08. The van der Waals surface area contributed by atoms with Crippen molar-refractivity contribution >= 4 is 46.7 Å². The van der Waals surface area contributed by atoms with E-state index < -0.39 is 17.5 Å². The van der Waals surface area contributed by atoms with Gasteiger partial charge in [-0.25, -0.2) is 4.79 Å². The summed E-state index contributed by atoms with van der Waals surface area (Å²) in [7, 11) is 0. The van der Waals surface area contributed by atoms with Gasteiger partial charge in [0.25, 0.3) is 5.91 Å².